The SMILES string of the molecule is COc1ccc(C2=CCCC[C@@H]2O)cc1OC. The Bertz CT molecular complexity index is 423. The zero-order chi connectivity index (χ0) is 12.3. The average molecular weight is 234 g/mol. The maximum absolute atomic E-state index is 9.97. The zero-order valence-electron chi connectivity index (χ0n) is 10.3. The molecule has 0 saturated heterocycles. The summed E-state index contributed by atoms with van der Waals surface area (Å²) in [4.78, 5) is 0. The first kappa shape index (κ1) is 12.0. The van der Waals surface area contributed by atoms with Crippen molar-refractivity contribution >= 4 is 5.57 Å². The summed E-state index contributed by atoms with van der Waals surface area (Å²) in [5, 5.41) is 9.97. The van der Waals surface area contributed by atoms with E-state index in [1.807, 2.05) is 18.2 Å². The quantitative estimate of drug-likeness (QED) is 0.873. The third kappa shape index (κ3) is 2.44. The lowest BCUT2D eigenvalue weighted by atomic mass is 9.91. The van der Waals surface area contributed by atoms with Crippen molar-refractivity contribution < 1.29 is 14.6 Å². The summed E-state index contributed by atoms with van der Waals surface area (Å²) < 4.78 is 10.5. The Balaban J connectivity index is 2.36. The Kier molecular flexibility index (Phi) is 3.69. The fourth-order valence-corrected chi connectivity index (χ4v) is 2.19. The predicted molar refractivity (Wildman–Crippen MR) is 67.4 cm³/mol. The number of aliphatic hydroxyl groups excluding tert-OH is 1. The molecule has 92 valence electrons. The highest BCUT2D eigenvalue weighted by molar-refractivity contribution is 5.71. The molecule has 0 radical (unpaired) electrons. The molecule has 0 aliphatic heterocycles. The third-order valence-electron chi connectivity index (χ3n) is 3.12. The van der Waals surface area contributed by atoms with E-state index in [4.69, 9.17) is 9.47 Å². The van der Waals surface area contributed by atoms with E-state index < -0.39 is 0 Å². The molecule has 0 unspecified atom stereocenters. The summed E-state index contributed by atoms with van der Waals surface area (Å²) in [5.41, 5.74) is 2.01. The number of hydrogen-bond donors (Lipinski definition) is 1. The molecule has 1 aromatic rings. The first-order chi connectivity index (χ1) is 8.26. The third-order valence-corrected chi connectivity index (χ3v) is 3.12. The standard InChI is InChI=1S/C14H18O3/c1-16-13-8-7-10(9-14(13)17-2)11-5-3-4-6-12(11)15/h5,7-9,12,15H,3-4,6H2,1-2H3/t12-/m0/s1. The molecule has 1 aliphatic carbocycles. The van der Waals surface area contributed by atoms with Crippen LogP contribution in [-0.4, -0.2) is 25.4 Å². The van der Waals surface area contributed by atoms with Gasteiger partial charge in [-0.3, -0.25) is 0 Å². The molecule has 0 saturated carbocycles. The molecule has 3 nitrogen and oxygen atoms in total. The second kappa shape index (κ2) is 5.23. The van der Waals surface area contributed by atoms with Gasteiger partial charge in [-0.1, -0.05) is 12.1 Å². The average Bonchev–Trinajstić information content (AvgIpc) is 2.38. The van der Waals surface area contributed by atoms with Gasteiger partial charge in [-0.2, -0.15) is 0 Å². The first-order valence-electron chi connectivity index (χ1n) is 5.86. The second-order valence-corrected chi connectivity index (χ2v) is 4.18. The molecule has 0 heterocycles. The van der Waals surface area contributed by atoms with Crippen LogP contribution in [0.3, 0.4) is 0 Å². The van der Waals surface area contributed by atoms with E-state index in [0.29, 0.717) is 11.5 Å². The van der Waals surface area contributed by atoms with Crippen LogP contribution in [-0.2, 0) is 0 Å². The minimum Gasteiger partial charge on any atom is -0.493 e. The summed E-state index contributed by atoms with van der Waals surface area (Å²) in [5.74, 6) is 1.41. The van der Waals surface area contributed by atoms with Crippen molar-refractivity contribution in [1.82, 2.24) is 0 Å². The number of aliphatic hydroxyl groups is 1. The summed E-state index contributed by atoms with van der Waals surface area (Å²) in [7, 11) is 3.24. The molecule has 1 aliphatic rings. The van der Waals surface area contributed by atoms with Crippen molar-refractivity contribution in [2.45, 2.75) is 25.4 Å². The molecular formula is C14H18O3. The van der Waals surface area contributed by atoms with Gasteiger partial charge < -0.3 is 14.6 Å². The molecule has 1 N–H and O–H groups in total. The van der Waals surface area contributed by atoms with Crippen LogP contribution in [0.25, 0.3) is 5.57 Å². The molecule has 17 heavy (non-hydrogen) atoms. The first-order valence-corrected chi connectivity index (χ1v) is 5.86. The number of allylic oxidation sites excluding steroid dienone is 1. The molecule has 1 atom stereocenters. The molecule has 1 aromatic carbocycles. The maximum Gasteiger partial charge on any atom is 0.161 e. The van der Waals surface area contributed by atoms with Crippen LogP contribution in [0.2, 0.25) is 0 Å². The van der Waals surface area contributed by atoms with Crippen molar-refractivity contribution in [3.8, 4) is 11.5 Å². The second-order valence-electron chi connectivity index (χ2n) is 4.18. The molecule has 0 aromatic heterocycles. The van der Waals surface area contributed by atoms with E-state index in [2.05, 4.69) is 6.08 Å². The van der Waals surface area contributed by atoms with Crippen LogP contribution in [0.4, 0.5) is 0 Å². The Morgan fingerprint density at radius 1 is 1.18 bits per heavy atom. The highest BCUT2D eigenvalue weighted by Gasteiger charge is 2.17. The van der Waals surface area contributed by atoms with Gasteiger partial charge in [0.1, 0.15) is 0 Å². The van der Waals surface area contributed by atoms with Gasteiger partial charge in [-0.15, -0.1) is 0 Å². The summed E-state index contributed by atoms with van der Waals surface area (Å²) in [6.45, 7) is 0. The maximum atomic E-state index is 9.97. The molecular weight excluding hydrogens is 216 g/mol. The van der Waals surface area contributed by atoms with E-state index in [1.54, 1.807) is 14.2 Å². The Morgan fingerprint density at radius 3 is 2.59 bits per heavy atom. The molecule has 0 fully saturated rings. The van der Waals surface area contributed by atoms with Crippen molar-refractivity contribution in [3.63, 3.8) is 0 Å². The molecule has 2 rings (SSSR count). The van der Waals surface area contributed by atoms with Crippen molar-refractivity contribution in [1.29, 1.82) is 0 Å². The van der Waals surface area contributed by atoms with E-state index in [1.165, 1.54) is 0 Å². The molecule has 0 bridgehead atoms. The number of hydrogen-bond acceptors (Lipinski definition) is 3. The minimum absolute atomic E-state index is 0.359. The van der Waals surface area contributed by atoms with Crippen LogP contribution < -0.4 is 9.47 Å². The van der Waals surface area contributed by atoms with E-state index >= 15 is 0 Å². The number of rotatable bonds is 3. The van der Waals surface area contributed by atoms with Crippen LogP contribution in [0.15, 0.2) is 24.3 Å². The van der Waals surface area contributed by atoms with Crippen LogP contribution >= 0.6 is 0 Å². The van der Waals surface area contributed by atoms with Crippen molar-refractivity contribution in [2.24, 2.45) is 0 Å². The Labute approximate surface area is 102 Å². The number of benzene rings is 1. The van der Waals surface area contributed by atoms with E-state index in [9.17, 15) is 5.11 Å². The van der Waals surface area contributed by atoms with Gasteiger partial charge in [-0.05, 0) is 42.5 Å². The number of methoxy groups -OCH3 is 2. The van der Waals surface area contributed by atoms with Gasteiger partial charge in [0.2, 0.25) is 0 Å². The normalized spacial score (nSPS) is 19.7. The van der Waals surface area contributed by atoms with E-state index in [-0.39, 0.29) is 6.10 Å². The van der Waals surface area contributed by atoms with Crippen LogP contribution in [0, 0.1) is 0 Å². The van der Waals surface area contributed by atoms with Crippen molar-refractivity contribution in [3.05, 3.63) is 29.8 Å². The lowest BCUT2D eigenvalue weighted by Gasteiger charge is -2.20. The van der Waals surface area contributed by atoms with Gasteiger partial charge >= 0.3 is 0 Å². The van der Waals surface area contributed by atoms with Crippen molar-refractivity contribution in [2.75, 3.05) is 14.2 Å². The lowest BCUT2D eigenvalue weighted by molar-refractivity contribution is 0.214. The molecule has 0 amide bonds. The number of ether oxygens (including phenoxy) is 2. The highest BCUT2D eigenvalue weighted by Crippen LogP contribution is 2.33. The topological polar surface area (TPSA) is 38.7 Å². The summed E-state index contributed by atoms with van der Waals surface area (Å²) in [6, 6.07) is 5.75. The summed E-state index contributed by atoms with van der Waals surface area (Å²) >= 11 is 0. The lowest BCUT2D eigenvalue weighted by Crippen LogP contribution is -2.12. The van der Waals surface area contributed by atoms with Gasteiger partial charge in [0.05, 0.1) is 20.3 Å². The van der Waals surface area contributed by atoms with Gasteiger partial charge in [-0.25, -0.2) is 0 Å². The van der Waals surface area contributed by atoms with Crippen LogP contribution in [0.1, 0.15) is 24.8 Å². The fraction of sp³-hybridized carbons (Fsp3) is 0.429. The molecule has 3 heteroatoms. The Morgan fingerprint density at radius 2 is 1.94 bits per heavy atom. The predicted octanol–water partition coefficient (Wildman–Crippen LogP) is 2.63. The van der Waals surface area contributed by atoms with Gasteiger partial charge in [0, 0.05) is 0 Å². The van der Waals surface area contributed by atoms with Gasteiger partial charge in [0.25, 0.3) is 0 Å². The zero-order valence-corrected chi connectivity index (χ0v) is 10.3. The van der Waals surface area contributed by atoms with E-state index in [0.717, 1.165) is 30.4 Å². The monoisotopic (exact) mass is 234 g/mol. The summed E-state index contributed by atoms with van der Waals surface area (Å²) in [6.07, 6.45) is 4.66. The molecule has 0 spiro atoms. The van der Waals surface area contributed by atoms with Crippen LogP contribution in [0.5, 0.6) is 11.5 Å². The minimum atomic E-state index is -0.359. The fourth-order valence-electron chi connectivity index (χ4n) is 2.19. The Hall–Kier alpha value is -1.48. The highest BCUT2D eigenvalue weighted by atomic mass is 16.5. The van der Waals surface area contributed by atoms with Gasteiger partial charge in [0.15, 0.2) is 11.5 Å². The smallest absolute Gasteiger partial charge is 0.161 e. The largest absolute Gasteiger partial charge is 0.493 e.